The second-order valence-electron chi connectivity index (χ2n) is 8.73. The van der Waals surface area contributed by atoms with Crippen molar-refractivity contribution in [2.45, 2.75) is 61.8 Å². The molecule has 0 radical (unpaired) electrons. The van der Waals surface area contributed by atoms with Gasteiger partial charge in [0.15, 0.2) is 6.61 Å². The van der Waals surface area contributed by atoms with Crippen molar-refractivity contribution >= 4 is 26.0 Å². The Balaban J connectivity index is 1.44. The molecular formula is C24H33N3O6S2. The first-order valence-electron chi connectivity index (χ1n) is 11.7. The van der Waals surface area contributed by atoms with Crippen LogP contribution >= 0.6 is 0 Å². The quantitative estimate of drug-likeness (QED) is 0.388. The van der Waals surface area contributed by atoms with E-state index >= 15 is 0 Å². The number of amides is 1. The molecule has 0 atom stereocenters. The van der Waals surface area contributed by atoms with Gasteiger partial charge in [0.05, 0.1) is 9.79 Å². The van der Waals surface area contributed by atoms with Crippen molar-refractivity contribution in [2.24, 2.45) is 0 Å². The topological polar surface area (TPSA) is 131 Å². The summed E-state index contributed by atoms with van der Waals surface area (Å²) in [7, 11) is -7.27. The van der Waals surface area contributed by atoms with E-state index < -0.39 is 26.0 Å². The maximum Gasteiger partial charge on any atom is 0.257 e. The van der Waals surface area contributed by atoms with Crippen molar-refractivity contribution in [3.05, 3.63) is 53.6 Å². The molecule has 0 spiro atoms. The summed E-state index contributed by atoms with van der Waals surface area (Å²) in [5.74, 6) is -0.0218. The lowest BCUT2D eigenvalue weighted by Crippen LogP contribution is -2.37. The predicted molar refractivity (Wildman–Crippen MR) is 133 cm³/mol. The van der Waals surface area contributed by atoms with E-state index in [-0.39, 0.29) is 35.5 Å². The average Bonchev–Trinajstić information content (AvgIpc) is 2.81. The Labute approximate surface area is 207 Å². The molecule has 1 amide bonds. The number of ether oxygens (including phenoxy) is 1. The summed E-state index contributed by atoms with van der Waals surface area (Å²) in [6.07, 6.45) is 4.89. The van der Waals surface area contributed by atoms with Crippen molar-refractivity contribution < 1.29 is 26.4 Å². The van der Waals surface area contributed by atoms with Crippen molar-refractivity contribution in [1.82, 2.24) is 14.8 Å². The SMILES string of the molecule is Cc1ccc(S(=O)(=O)NCCNC(=O)COc2ccc(S(=O)(=O)NC3CCCCC3)cc2C)cc1. The molecule has 1 aliphatic carbocycles. The number of carbonyl (C=O) groups excluding carboxylic acids is 1. The van der Waals surface area contributed by atoms with E-state index in [0.29, 0.717) is 11.3 Å². The lowest BCUT2D eigenvalue weighted by Gasteiger charge is -2.22. The van der Waals surface area contributed by atoms with E-state index in [4.69, 9.17) is 4.74 Å². The molecule has 192 valence electrons. The van der Waals surface area contributed by atoms with Gasteiger partial charge in [-0.25, -0.2) is 26.3 Å². The Bertz CT molecular complexity index is 1220. The molecule has 0 aromatic heterocycles. The fraction of sp³-hybridized carbons (Fsp3) is 0.458. The van der Waals surface area contributed by atoms with E-state index in [2.05, 4.69) is 14.8 Å². The van der Waals surface area contributed by atoms with Crippen LogP contribution in [0, 0.1) is 13.8 Å². The maximum absolute atomic E-state index is 12.7. The minimum atomic E-state index is -3.65. The molecule has 9 nitrogen and oxygen atoms in total. The van der Waals surface area contributed by atoms with Gasteiger partial charge in [0.2, 0.25) is 20.0 Å². The number of aryl methyl sites for hydroxylation is 2. The Morgan fingerprint density at radius 3 is 2.20 bits per heavy atom. The second-order valence-corrected chi connectivity index (χ2v) is 12.2. The molecule has 11 heteroatoms. The van der Waals surface area contributed by atoms with Gasteiger partial charge in [-0.3, -0.25) is 4.79 Å². The summed E-state index contributed by atoms with van der Waals surface area (Å²) in [6, 6.07) is 11.0. The maximum atomic E-state index is 12.7. The van der Waals surface area contributed by atoms with E-state index in [0.717, 1.165) is 37.7 Å². The smallest absolute Gasteiger partial charge is 0.257 e. The fourth-order valence-corrected chi connectivity index (χ4v) is 6.26. The lowest BCUT2D eigenvalue weighted by molar-refractivity contribution is -0.123. The lowest BCUT2D eigenvalue weighted by atomic mass is 9.96. The Hall–Kier alpha value is -2.47. The molecule has 0 unspecified atom stereocenters. The van der Waals surface area contributed by atoms with Gasteiger partial charge in [0.1, 0.15) is 5.75 Å². The zero-order valence-electron chi connectivity index (χ0n) is 20.0. The van der Waals surface area contributed by atoms with Gasteiger partial charge in [-0.2, -0.15) is 0 Å². The van der Waals surface area contributed by atoms with Crippen molar-refractivity contribution in [3.8, 4) is 5.75 Å². The average molecular weight is 524 g/mol. The molecule has 1 fully saturated rings. The third-order valence-electron chi connectivity index (χ3n) is 5.81. The number of hydrogen-bond acceptors (Lipinski definition) is 6. The Kier molecular flexibility index (Phi) is 9.28. The van der Waals surface area contributed by atoms with Crippen LogP contribution < -0.4 is 19.5 Å². The number of hydrogen-bond donors (Lipinski definition) is 3. The molecule has 3 N–H and O–H groups in total. The minimum Gasteiger partial charge on any atom is -0.484 e. The van der Waals surface area contributed by atoms with Crippen LogP contribution in [-0.4, -0.2) is 48.5 Å². The van der Waals surface area contributed by atoms with Gasteiger partial charge in [-0.15, -0.1) is 0 Å². The summed E-state index contributed by atoms with van der Waals surface area (Å²) in [4.78, 5) is 12.4. The van der Waals surface area contributed by atoms with Crippen LogP contribution in [0.25, 0.3) is 0 Å². The van der Waals surface area contributed by atoms with Crippen molar-refractivity contribution in [1.29, 1.82) is 0 Å². The number of rotatable bonds is 11. The van der Waals surface area contributed by atoms with Crippen LogP contribution in [0.15, 0.2) is 52.3 Å². The zero-order valence-corrected chi connectivity index (χ0v) is 21.7. The molecule has 3 rings (SSSR count). The first kappa shape index (κ1) is 27.1. The summed E-state index contributed by atoms with van der Waals surface area (Å²) < 4.78 is 60.6. The molecule has 1 aliphatic rings. The zero-order chi connectivity index (χ0) is 25.5. The van der Waals surface area contributed by atoms with Crippen LogP contribution in [0.2, 0.25) is 0 Å². The number of carbonyl (C=O) groups is 1. The van der Waals surface area contributed by atoms with Crippen LogP contribution in [0.3, 0.4) is 0 Å². The fourth-order valence-electron chi connectivity index (χ4n) is 3.84. The number of sulfonamides is 2. The standard InChI is InChI=1S/C24H33N3O6S2/c1-18-8-10-21(11-9-18)34(29,30)26-15-14-25-24(28)17-33-23-13-12-22(16-19(23)2)35(31,32)27-20-6-4-3-5-7-20/h8-13,16,20,26-27H,3-7,14-15,17H2,1-2H3,(H,25,28). The van der Waals surface area contributed by atoms with Gasteiger partial charge in [-0.1, -0.05) is 37.0 Å². The molecule has 1 saturated carbocycles. The van der Waals surface area contributed by atoms with E-state index in [1.54, 1.807) is 19.1 Å². The molecule has 0 heterocycles. The summed E-state index contributed by atoms with van der Waals surface area (Å²) in [5, 5.41) is 2.59. The molecule has 0 saturated heterocycles. The third kappa shape index (κ3) is 8.03. The molecule has 2 aromatic carbocycles. The van der Waals surface area contributed by atoms with Crippen LogP contribution in [0.1, 0.15) is 43.2 Å². The Morgan fingerprint density at radius 2 is 1.54 bits per heavy atom. The summed E-state index contributed by atoms with van der Waals surface area (Å²) in [5.41, 5.74) is 1.55. The second kappa shape index (κ2) is 12.0. The first-order chi connectivity index (χ1) is 16.6. The van der Waals surface area contributed by atoms with Gasteiger partial charge in [0.25, 0.3) is 5.91 Å². The summed E-state index contributed by atoms with van der Waals surface area (Å²) >= 11 is 0. The van der Waals surface area contributed by atoms with Gasteiger partial charge >= 0.3 is 0 Å². The van der Waals surface area contributed by atoms with Crippen LogP contribution in [0.5, 0.6) is 5.75 Å². The van der Waals surface area contributed by atoms with Gasteiger partial charge in [-0.05, 0) is 62.6 Å². The monoisotopic (exact) mass is 523 g/mol. The molecule has 0 aliphatic heterocycles. The number of benzene rings is 2. The van der Waals surface area contributed by atoms with E-state index in [1.165, 1.54) is 30.3 Å². The third-order valence-corrected chi connectivity index (χ3v) is 8.81. The summed E-state index contributed by atoms with van der Waals surface area (Å²) in [6.45, 7) is 3.43. The minimum absolute atomic E-state index is 0.0293. The molecule has 35 heavy (non-hydrogen) atoms. The largest absolute Gasteiger partial charge is 0.484 e. The highest BCUT2D eigenvalue weighted by molar-refractivity contribution is 7.89. The van der Waals surface area contributed by atoms with Gasteiger partial charge < -0.3 is 10.1 Å². The van der Waals surface area contributed by atoms with E-state index in [1.807, 2.05) is 6.92 Å². The highest BCUT2D eigenvalue weighted by Gasteiger charge is 2.22. The highest BCUT2D eigenvalue weighted by Crippen LogP contribution is 2.24. The Morgan fingerprint density at radius 1 is 0.886 bits per heavy atom. The first-order valence-corrected chi connectivity index (χ1v) is 14.6. The van der Waals surface area contributed by atoms with Crippen LogP contribution in [0.4, 0.5) is 0 Å². The molecule has 2 aromatic rings. The normalized spacial score (nSPS) is 15.0. The van der Waals surface area contributed by atoms with E-state index in [9.17, 15) is 21.6 Å². The number of nitrogens with one attached hydrogen (secondary N) is 3. The molecular weight excluding hydrogens is 490 g/mol. The highest BCUT2D eigenvalue weighted by atomic mass is 32.2. The van der Waals surface area contributed by atoms with Crippen LogP contribution in [-0.2, 0) is 24.8 Å². The molecule has 0 bridgehead atoms. The van der Waals surface area contributed by atoms with Crippen molar-refractivity contribution in [3.63, 3.8) is 0 Å². The van der Waals surface area contributed by atoms with Gasteiger partial charge in [0, 0.05) is 19.1 Å². The van der Waals surface area contributed by atoms with Crippen molar-refractivity contribution in [2.75, 3.05) is 19.7 Å². The predicted octanol–water partition coefficient (Wildman–Crippen LogP) is 2.39.